The number of unbranched alkanes of at least 4 members (excludes halogenated alkanes) is 1. The number of aromatic hydroxyl groups is 1. The first-order chi connectivity index (χ1) is 18.9. The standard InChI is InChI=1S/C30H48N2O8/c1-9-10-11-19(3)29(35)32-23-15-22(28(39-8)24(33)16-23)12-18(2)13-25(38-7)27(34)21(5)14-20(4)26(17-37-6)40-30(31)36/h11,14-16,18,21,25-27,33-34H,9-10,12-13,17H2,1-8H3,(H2,31,36)(H,32,35)/b19-11+,20-14+/t18-,21+,25-,26-,27-/m0/s1. The lowest BCUT2D eigenvalue weighted by molar-refractivity contribution is -0.112. The van der Waals surface area contributed by atoms with Crippen molar-refractivity contribution in [2.45, 2.75) is 78.6 Å². The van der Waals surface area contributed by atoms with Crippen molar-refractivity contribution >= 4 is 17.7 Å². The molecule has 0 saturated heterocycles. The number of anilines is 1. The molecule has 0 aliphatic carbocycles. The van der Waals surface area contributed by atoms with Crippen LogP contribution < -0.4 is 15.8 Å². The molecule has 5 atom stereocenters. The van der Waals surface area contributed by atoms with Gasteiger partial charge in [-0.2, -0.15) is 0 Å². The van der Waals surface area contributed by atoms with Crippen molar-refractivity contribution in [1.82, 2.24) is 0 Å². The van der Waals surface area contributed by atoms with E-state index in [0.717, 1.165) is 18.4 Å². The Bertz CT molecular complexity index is 1020. The molecular formula is C30H48N2O8. The Hall–Kier alpha value is -3.08. The van der Waals surface area contributed by atoms with E-state index in [-0.39, 0.29) is 30.1 Å². The molecule has 226 valence electrons. The molecule has 1 aromatic carbocycles. The van der Waals surface area contributed by atoms with Crippen LogP contribution in [-0.2, 0) is 25.4 Å². The fourth-order valence-corrected chi connectivity index (χ4v) is 4.55. The first-order valence-electron chi connectivity index (χ1n) is 13.6. The maximum absolute atomic E-state index is 12.6. The number of carbonyl (C=O) groups is 2. The van der Waals surface area contributed by atoms with E-state index in [0.29, 0.717) is 35.4 Å². The second kappa shape index (κ2) is 17.6. The lowest BCUT2D eigenvalue weighted by atomic mass is 9.88. The fraction of sp³-hybridized carbons (Fsp3) is 0.600. The van der Waals surface area contributed by atoms with E-state index < -0.39 is 24.4 Å². The van der Waals surface area contributed by atoms with Gasteiger partial charge in [0.1, 0.15) is 6.10 Å². The Morgan fingerprint density at radius 1 is 1.15 bits per heavy atom. The lowest BCUT2D eigenvalue weighted by Gasteiger charge is -2.28. The van der Waals surface area contributed by atoms with Gasteiger partial charge >= 0.3 is 6.09 Å². The van der Waals surface area contributed by atoms with Crippen LogP contribution in [0.1, 0.15) is 59.4 Å². The summed E-state index contributed by atoms with van der Waals surface area (Å²) < 4.78 is 21.3. The van der Waals surface area contributed by atoms with Crippen LogP contribution in [-0.4, -0.2) is 68.5 Å². The van der Waals surface area contributed by atoms with Gasteiger partial charge in [0.05, 0.1) is 25.9 Å². The number of rotatable bonds is 17. The van der Waals surface area contributed by atoms with Crippen molar-refractivity contribution in [2.75, 3.05) is 33.3 Å². The molecule has 0 radical (unpaired) electrons. The summed E-state index contributed by atoms with van der Waals surface area (Å²) in [5.41, 5.74) is 7.67. The van der Waals surface area contributed by atoms with Crippen molar-refractivity contribution in [3.63, 3.8) is 0 Å². The summed E-state index contributed by atoms with van der Waals surface area (Å²) in [7, 11) is 4.52. The van der Waals surface area contributed by atoms with E-state index in [9.17, 15) is 19.8 Å². The van der Waals surface area contributed by atoms with Crippen molar-refractivity contribution < 1.29 is 38.7 Å². The quantitative estimate of drug-likeness (QED) is 0.157. The first-order valence-corrected chi connectivity index (χ1v) is 13.6. The van der Waals surface area contributed by atoms with Gasteiger partial charge in [-0.25, -0.2) is 4.79 Å². The van der Waals surface area contributed by atoms with Gasteiger partial charge in [-0.1, -0.05) is 39.3 Å². The van der Waals surface area contributed by atoms with Crippen LogP contribution in [0.5, 0.6) is 11.5 Å². The average Bonchev–Trinajstić information content (AvgIpc) is 2.89. The van der Waals surface area contributed by atoms with Gasteiger partial charge in [0.2, 0.25) is 0 Å². The Morgan fingerprint density at radius 2 is 1.82 bits per heavy atom. The molecule has 40 heavy (non-hydrogen) atoms. The summed E-state index contributed by atoms with van der Waals surface area (Å²) in [5.74, 6) is -0.274. The molecular weight excluding hydrogens is 516 g/mol. The number of carbonyl (C=O) groups excluding carboxylic acids is 2. The van der Waals surface area contributed by atoms with Crippen LogP contribution in [0.2, 0.25) is 0 Å². The largest absolute Gasteiger partial charge is 0.504 e. The van der Waals surface area contributed by atoms with Crippen LogP contribution in [0.3, 0.4) is 0 Å². The molecule has 0 aliphatic rings. The topological polar surface area (TPSA) is 150 Å². The zero-order valence-electron chi connectivity index (χ0n) is 25.2. The zero-order valence-corrected chi connectivity index (χ0v) is 25.2. The predicted molar refractivity (Wildman–Crippen MR) is 155 cm³/mol. The number of methoxy groups -OCH3 is 3. The number of hydrogen-bond acceptors (Lipinski definition) is 8. The smallest absolute Gasteiger partial charge is 0.405 e. The van der Waals surface area contributed by atoms with Gasteiger partial charge < -0.3 is 40.2 Å². The van der Waals surface area contributed by atoms with E-state index in [1.54, 1.807) is 27.0 Å². The van der Waals surface area contributed by atoms with Crippen LogP contribution in [0.15, 0.2) is 35.4 Å². The van der Waals surface area contributed by atoms with Crippen molar-refractivity contribution in [3.8, 4) is 11.5 Å². The van der Waals surface area contributed by atoms with Gasteiger partial charge in [-0.15, -0.1) is 0 Å². The van der Waals surface area contributed by atoms with Gasteiger partial charge in [0.25, 0.3) is 5.91 Å². The van der Waals surface area contributed by atoms with E-state index in [4.69, 9.17) is 24.7 Å². The van der Waals surface area contributed by atoms with Crippen molar-refractivity contribution in [3.05, 3.63) is 41.0 Å². The molecule has 0 bridgehead atoms. The molecule has 0 aromatic heterocycles. The van der Waals surface area contributed by atoms with E-state index >= 15 is 0 Å². The van der Waals surface area contributed by atoms with Crippen LogP contribution in [0.25, 0.3) is 0 Å². The molecule has 0 fully saturated rings. The SMILES string of the molecule is CCC/C=C(\C)C(=O)Nc1cc(O)c(OC)c(C[C@H](C)C[C@H](OC)[C@@H](O)[C@H](C)/C=C(\C)[C@H](COC)OC(N)=O)c1. The summed E-state index contributed by atoms with van der Waals surface area (Å²) in [6, 6.07) is 3.26. The zero-order chi connectivity index (χ0) is 30.4. The molecule has 2 amide bonds. The molecule has 0 saturated carbocycles. The summed E-state index contributed by atoms with van der Waals surface area (Å²) in [5, 5.41) is 24.5. The van der Waals surface area contributed by atoms with Gasteiger partial charge in [0.15, 0.2) is 11.5 Å². The summed E-state index contributed by atoms with van der Waals surface area (Å²) in [6.07, 6.45) is 3.56. The third-order valence-corrected chi connectivity index (χ3v) is 6.74. The fourth-order valence-electron chi connectivity index (χ4n) is 4.55. The number of ether oxygens (including phenoxy) is 4. The third kappa shape index (κ3) is 11.2. The molecule has 0 aliphatic heterocycles. The number of allylic oxidation sites excluding steroid dienone is 1. The molecule has 1 aromatic rings. The van der Waals surface area contributed by atoms with Gasteiger partial charge in [0, 0.05) is 43.0 Å². The Kier molecular flexibility index (Phi) is 15.4. The molecule has 0 heterocycles. The highest BCUT2D eigenvalue weighted by molar-refractivity contribution is 6.03. The maximum Gasteiger partial charge on any atom is 0.405 e. The molecule has 10 heteroatoms. The first kappa shape index (κ1) is 34.9. The highest BCUT2D eigenvalue weighted by Gasteiger charge is 2.27. The number of hydrogen-bond donors (Lipinski definition) is 4. The van der Waals surface area contributed by atoms with Crippen LogP contribution in [0.4, 0.5) is 10.5 Å². The minimum atomic E-state index is -0.903. The van der Waals surface area contributed by atoms with Gasteiger partial charge in [-0.3, -0.25) is 4.79 Å². The molecule has 10 nitrogen and oxygen atoms in total. The van der Waals surface area contributed by atoms with Crippen LogP contribution >= 0.6 is 0 Å². The number of primary amides is 1. The highest BCUT2D eigenvalue weighted by atomic mass is 16.6. The average molecular weight is 565 g/mol. The molecule has 1 rings (SSSR count). The normalized spacial score (nSPS) is 16.0. The van der Waals surface area contributed by atoms with E-state index in [2.05, 4.69) is 5.32 Å². The van der Waals surface area contributed by atoms with E-state index in [1.807, 2.05) is 32.9 Å². The Balaban J connectivity index is 3.04. The van der Waals surface area contributed by atoms with E-state index in [1.165, 1.54) is 20.3 Å². The van der Waals surface area contributed by atoms with Gasteiger partial charge in [-0.05, 0) is 50.7 Å². The summed E-state index contributed by atoms with van der Waals surface area (Å²) in [6.45, 7) is 9.59. The number of phenolic OH excluding ortho intramolecular Hbond substituents is 1. The number of benzene rings is 1. The monoisotopic (exact) mass is 564 g/mol. The second-order valence-corrected chi connectivity index (χ2v) is 10.3. The maximum atomic E-state index is 12.6. The molecule has 5 N–H and O–H groups in total. The van der Waals surface area contributed by atoms with Crippen LogP contribution in [0, 0.1) is 11.8 Å². The number of nitrogens with two attached hydrogens (primary N) is 1. The second-order valence-electron chi connectivity index (χ2n) is 10.3. The highest BCUT2D eigenvalue weighted by Crippen LogP contribution is 2.36. The predicted octanol–water partition coefficient (Wildman–Crippen LogP) is 4.72. The van der Waals surface area contributed by atoms with Crippen molar-refractivity contribution in [1.29, 1.82) is 0 Å². The number of aliphatic hydroxyl groups is 1. The Morgan fingerprint density at radius 3 is 2.38 bits per heavy atom. The summed E-state index contributed by atoms with van der Waals surface area (Å²) in [4.78, 5) is 23.8. The minimum absolute atomic E-state index is 0.0155. The summed E-state index contributed by atoms with van der Waals surface area (Å²) >= 11 is 0. The van der Waals surface area contributed by atoms with Crippen molar-refractivity contribution in [2.24, 2.45) is 17.6 Å². The number of aliphatic hydroxyl groups excluding tert-OH is 1. The lowest BCUT2D eigenvalue weighted by Crippen LogP contribution is -2.35. The molecule has 0 spiro atoms. The number of phenols is 1. The molecule has 0 unspecified atom stereocenters. The minimum Gasteiger partial charge on any atom is -0.504 e. The third-order valence-electron chi connectivity index (χ3n) is 6.74. The Labute approximate surface area is 238 Å². The number of amides is 2. The number of nitrogens with one attached hydrogen (secondary N) is 1.